The van der Waals surface area contributed by atoms with Crippen LogP contribution in [0.4, 0.5) is 0 Å². The fraction of sp³-hybridized carbons (Fsp3) is 0.250. The topological polar surface area (TPSA) is 40.5 Å². The molecule has 0 fully saturated rings. The van der Waals surface area contributed by atoms with Crippen molar-refractivity contribution < 1.29 is 10.2 Å². The van der Waals surface area contributed by atoms with Gasteiger partial charge in [-0.3, -0.25) is 0 Å². The maximum atomic E-state index is 11.0. The molecule has 2 N–H and O–H groups in total. The second-order valence-corrected chi connectivity index (χ2v) is 8.22. The van der Waals surface area contributed by atoms with Crippen LogP contribution >= 0.6 is 11.8 Å². The second-order valence-electron chi connectivity index (χ2n) is 7.05. The van der Waals surface area contributed by atoms with Gasteiger partial charge in [-0.05, 0) is 35.6 Å². The first-order valence-electron chi connectivity index (χ1n) is 9.35. The maximum absolute atomic E-state index is 11.0. The highest BCUT2D eigenvalue weighted by Gasteiger charge is 2.14. The highest BCUT2D eigenvalue weighted by Crippen LogP contribution is 2.41. The molecule has 0 heterocycles. The van der Waals surface area contributed by atoms with Crippen LogP contribution in [-0.2, 0) is 0 Å². The molecule has 0 aliphatic carbocycles. The molecule has 1 unspecified atom stereocenters. The Morgan fingerprint density at radius 3 is 1.74 bits per heavy atom. The SMILES string of the molecule is CC(C)C(O)CCSc1cc(-c2ccccc2)c(O)c(-c2ccccc2)c1. The predicted octanol–water partition coefficient (Wildman–Crippen LogP) is 6.23. The van der Waals surface area contributed by atoms with Gasteiger partial charge in [0.25, 0.3) is 0 Å². The van der Waals surface area contributed by atoms with Crippen LogP contribution in [0.3, 0.4) is 0 Å². The summed E-state index contributed by atoms with van der Waals surface area (Å²) in [6.45, 7) is 4.08. The molecule has 140 valence electrons. The van der Waals surface area contributed by atoms with Crippen molar-refractivity contribution in [3.8, 4) is 28.0 Å². The lowest BCUT2D eigenvalue weighted by Gasteiger charge is -2.16. The number of aromatic hydroxyl groups is 1. The number of aliphatic hydroxyl groups excluding tert-OH is 1. The van der Waals surface area contributed by atoms with Gasteiger partial charge in [0.2, 0.25) is 0 Å². The van der Waals surface area contributed by atoms with Crippen LogP contribution in [0.15, 0.2) is 77.7 Å². The van der Waals surface area contributed by atoms with E-state index >= 15 is 0 Å². The van der Waals surface area contributed by atoms with Crippen molar-refractivity contribution in [3.63, 3.8) is 0 Å². The Hall–Kier alpha value is -2.23. The molecule has 27 heavy (non-hydrogen) atoms. The molecule has 0 aromatic heterocycles. The molecule has 0 aliphatic heterocycles. The number of phenolic OH excluding ortho intramolecular Hbond substituents is 1. The quantitative estimate of drug-likeness (QED) is 0.479. The Kier molecular flexibility index (Phi) is 6.59. The normalized spacial score (nSPS) is 12.3. The predicted molar refractivity (Wildman–Crippen MR) is 115 cm³/mol. The van der Waals surface area contributed by atoms with Crippen molar-refractivity contribution in [1.29, 1.82) is 0 Å². The average molecular weight is 379 g/mol. The van der Waals surface area contributed by atoms with E-state index in [1.807, 2.05) is 86.6 Å². The van der Waals surface area contributed by atoms with E-state index in [0.29, 0.717) is 5.75 Å². The second kappa shape index (κ2) is 9.12. The Balaban J connectivity index is 1.96. The summed E-state index contributed by atoms with van der Waals surface area (Å²) in [6.07, 6.45) is 0.474. The lowest BCUT2D eigenvalue weighted by atomic mass is 9.97. The van der Waals surface area contributed by atoms with Crippen molar-refractivity contribution in [2.45, 2.75) is 31.3 Å². The molecule has 3 heteroatoms. The Bertz CT molecular complexity index is 800. The molecule has 0 saturated carbocycles. The molecule has 0 radical (unpaired) electrons. The van der Waals surface area contributed by atoms with Crippen LogP contribution < -0.4 is 0 Å². The summed E-state index contributed by atoms with van der Waals surface area (Å²) in [5.74, 6) is 1.41. The van der Waals surface area contributed by atoms with Crippen LogP contribution in [-0.4, -0.2) is 22.1 Å². The minimum absolute atomic E-state index is 0.269. The molecule has 0 spiro atoms. The molecule has 0 bridgehead atoms. The standard InChI is InChI=1S/C24H26O2S/c1-17(2)23(25)13-14-27-20-15-21(18-9-5-3-6-10-18)24(26)22(16-20)19-11-7-4-8-12-19/h3-12,15-17,23,25-26H,13-14H2,1-2H3. The highest BCUT2D eigenvalue weighted by atomic mass is 32.2. The highest BCUT2D eigenvalue weighted by molar-refractivity contribution is 7.99. The van der Waals surface area contributed by atoms with Crippen LogP contribution in [0.2, 0.25) is 0 Å². The third-order valence-electron chi connectivity index (χ3n) is 4.70. The van der Waals surface area contributed by atoms with Crippen molar-refractivity contribution in [1.82, 2.24) is 0 Å². The van der Waals surface area contributed by atoms with E-state index in [9.17, 15) is 10.2 Å². The molecule has 3 rings (SSSR count). The molecule has 3 aromatic rings. The number of phenols is 1. The van der Waals surface area contributed by atoms with E-state index in [4.69, 9.17) is 0 Å². The summed E-state index contributed by atoms with van der Waals surface area (Å²) in [6, 6.07) is 24.0. The maximum Gasteiger partial charge on any atom is 0.131 e. The third kappa shape index (κ3) is 4.94. The van der Waals surface area contributed by atoms with E-state index in [2.05, 4.69) is 0 Å². The van der Waals surface area contributed by atoms with Crippen molar-refractivity contribution in [3.05, 3.63) is 72.8 Å². The van der Waals surface area contributed by atoms with Gasteiger partial charge in [-0.15, -0.1) is 11.8 Å². The van der Waals surface area contributed by atoms with E-state index < -0.39 is 0 Å². The van der Waals surface area contributed by atoms with E-state index in [0.717, 1.165) is 39.3 Å². The third-order valence-corrected chi connectivity index (χ3v) is 5.71. The summed E-state index contributed by atoms with van der Waals surface area (Å²) in [5.41, 5.74) is 3.67. The first-order valence-corrected chi connectivity index (χ1v) is 10.3. The van der Waals surface area contributed by atoms with Crippen molar-refractivity contribution in [2.75, 3.05) is 5.75 Å². The summed E-state index contributed by atoms with van der Waals surface area (Å²) in [4.78, 5) is 1.10. The van der Waals surface area contributed by atoms with Crippen molar-refractivity contribution in [2.24, 2.45) is 5.92 Å². The minimum atomic E-state index is -0.281. The average Bonchev–Trinajstić information content (AvgIpc) is 2.70. The number of aliphatic hydroxyl groups is 1. The van der Waals surface area contributed by atoms with Gasteiger partial charge >= 0.3 is 0 Å². The monoisotopic (exact) mass is 378 g/mol. The molecular formula is C24H26O2S. The zero-order valence-corrected chi connectivity index (χ0v) is 16.6. The summed E-state index contributed by atoms with van der Waals surface area (Å²) in [5, 5.41) is 21.0. The van der Waals surface area contributed by atoms with Crippen LogP contribution in [0.5, 0.6) is 5.75 Å². The number of hydrogen-bond donors (Lipinski definition) is 2. The van der Waals surface area contributed by atoms with E-state index in [1.165, 1.54) is 0 Å². The Morgan fingerprint density at radius 2 is 1.30 bits per heavy atom. The summed E-state index contributed by atoms with van der Waals surface area (Å²) in [7, 11) is 0. The molecule has 1 atom stereocenters. The smallest absolute Gasteiger partial charge is 0.131 e. The lowest BCUT2D eigenvalue weighted by molar-refractivity contribution is 0.123. The van der Waals surface area contributed by atoms with Crippen LogP contribution in [0.1, 0.15) is 20.3 Å². The van der Waals surface area contributed by atoms with Gasteiger partial charge in [-0.2, -0.15) is 0 Å². The number of benzene rings is 3. The number of rotatable bonds is 7. The van der Waals surface area contributed by atoms with E-state index in [1.54, 1.807) is 11.8 Å². The Labute approximate surface area is 165 Å². The van der Waals surface area contributed by atoms with Gasteiger partial charge in [0, 0.05) is 21.8 Å². The largest absolute Gasteiger partial charge is 0.507 e. The molecular weight excluding hydrogens is 352 g/mol. The number of hydrogen-bond acceptors (Lipinski definition) is 3. The van der Waals surface area contributed by atoms with Crippen LogP contribution in [0.25, 0.3) is 22.3 Å². The zero-order chi connectivity index (χ0) is 19.2. The van der Waals surface area contributed by atoms with Gasteiger partial charge in [-0.25, -0.2) is 0 Å². The molecule has 0 aliphatic rings. The summed E-state index contributed by atoms with van der Waals surface area (Å²) >= 11 is 1.72. The van der Waals surface area contributed by atoms with Gasteiger partial charge < -0.3 is 10.2 Å². The van der Waals surface area contributed by atoms with E-state index in [-0.39, 0.29) is 12.0 Å². The molecule has 0 amide bonds. The first-order chi connectivity index (χ1) is 13.1. The Morgan fingerprint density at radius 1 is 0.815 bits per heavy atom. The van der Waals surface area contributed by atoms with Gasteiger partial charge in [0.15, 0.2) is 0 Å². The first kappa shape index (κ1) is 19.5. The minimum Gasteiger partial charge on any atom is -0.507 e. The molecule has 3 aromatic carbocycles. The van der Waals surface area contributed by atoms with Gasteiger partial charge in [0.1, 0.15) is 5.75 Å². The fourth-order valence-electron chi connectivity index (χ4n) is 3.00. The number of thioether (sulfide) groups is 1. The molecule has 0 saturated heterocycles. The van der Waals surface area contributed by atoms with Gasteiger partial charge in [-0.1, -0.05) is 74.5 Å². The zero-order valence-electron chi connectivity index (χ0n) is 15.8. The van der Waals surface area contributed by atoms with Gasteiger partial charge in [0.05, 0.1) is 6.10 Å². The molecule has 2 nitrogen and oxygen atoms in total. The fourth-order valence-corrected chi connectivity index (χ4v) is 4.00. The van der Waals surface area contributed by atoms with Crippen molar-refractivity contribution >= 4 is 11.8 Å². The lowest BCUT2D eigenvalue weighted by Crippen LogP contribution is -2.15. The summed E-state index contributed by atoms with van der Waals surface area (Å²) < 4.78 is 0. The van der Waals surface area contributed by atoms with Crippen LogP contribution in [0, 0.1) is 5.92 Å².